The number of aliphatic carboxylic acids is 1. The van der Waals surface area contributed by atoms with E-state index in [1.807, 2.05) is 106 Å². The molecule has 0 bridgehead atoms. The van der Waals surface area contributed by atoms with Gasteiger partial charge in [0, 0.05) is 37.2 Å². The molecule has 3 rings (SSSR count). The van der Waals surface area contributed by atoms with Gasteiger partial charge >= 0.3 is 11.9 Å². The molecule has 0 amide bonds. The maximum atomic E-state index is 12.1. The summed E-state index contributed by atoms with van der Waals surface area (Å²) >= 11 is 0. The van der Waals surface area contributed by atoms with Crippen LogP contribution < -0.4 is 9.47 Å². The smallest absolute Gasteiger partial charge is 0.335 e. The van der Waals surface area contributed by atoms with Gasteiger partial charge < -0.3 is 28.8 Å². The average Bonchev–Trinajstić information content (AvgIpc) is 3.11. The molecule has 0 aliphatic carbocycles. The van der Waals surface area contributed by atoms with E-state index >= 15 is 0 Å². The van der Waals surface area contributed by atoms with Crippen LogP contribution in [0.1, 0.15) is 56.9 Å². The molecule has 0 heterocycles. The largest absolute Gasteiger partial charge is 0.490 e. The van der Waals surface area contributed by atoms with Gasteiger partial charge in [-0.15, -0.1) is 0 Å². The normalized spacial score (nSPS) is 12.4. The fourth-order valence-electron chi connectivity index (χ4n) is 4.58. The standard InChI is InChI=1S/C42H46O8/c1-6-46-39(41(43)44)29-35-16-20-37(21-17-35)49-26-24-31(4)12-14-33-10-9-11-34(28-33)15-13-32(5)25-27-50-38-22-18-36(19-23-38)30-40(47-7-2)42(45)48-8-3/h9-11,16-25,28,39-40H,6-8,26-27,29-30H2,1-5H3,(H,43,44)/t39-,40-/m0/s1. The predicted octanol–water partition coefficient (Wildman–Crippen LogP) is 6.98. The van der Waals surface area contributed by atoms with Crippen LogP contribution in [0.25, 0.3) is 0 Å². The van der Waals surface area contributed by atoms with Crippen LogP contribution >= 0.6 is 0 Å². The molecule has 0 spiro atoms. The third-order valence-electron chi connectivity index (χ3n) is 7.20. The number of ether oxygens (including phenoxy) is 5. The van der Waals surface area contributed by atoms with Crippen molar-refractivity contribution >= 4 is 11.9 Å². The molecule has 3 aromatic carbocycles. The minimum absolute atomic E-state index is 0.298. The number of hydrogen-bond donors (Lipinski definition) is 1. The zero-order chi connectivity index (χ0) is 36.1. The van der Waals surface area contributed by atoms with E-state index in [1.54, 1.807) is 13.8 Å². The molecule has 3 aromatic rings. The van der Waals surface area contributed by atoms with E-state index in [4.69, 9.17) is 23.7 Å². The van der Waals surface area contributed by atoms with E-state index in [9.17, 15) is 14.7 Å². The Hall–Kier alpha value is -5.28. The molecular weight excluding hydrogens is 632 g/mol. The van der Waals surface area contributed by atoms with Crippen LogP contribution in [0.3, 0.4) is 0 Å². The van der Waals surface area contributed by atoms with Crippen LogP contribution in [0, 0.1) is 23.7 Å². The van der Waals surface area contributed by atoms with Crippen molar-refractivity contribution in [3.05, 3.63) is 118 Å². The number of carbonyl (C=O) groups excluding carboxylic acids is 1. The Morgan fingerprint density at radius 1 is 0.680 bits per heavy atom. The maximum Gasteiger partial charge on any atom is 0.335 e. The summed E-state index contributed by atoms with van der Waals surface area (Å²) in [6.45, 7) is 11.1. The summed E-state index contributed by atoms with van der Waals surface area (Å²) in [5.74, 6) is 12.8. The first-order chi connectivity index (χ1) is 24.2. The second-order valence-electron chi connectivity index (χ2n) is 11.2. The number of rotatable bonds is 17. The molecule has 0 aromatic heterocycles. The average molecular weight is 679 g/mol. The summed E-state index contributed by atoms with van der Waals surface area (Å²) in [5.41, 5.74) is 5.30. The topological polar surface area (TPSA) is 101 Å². The Morgan fingerprint density at radius 3 is 1.58 bits per heavy atom. The molecule has 0 saturated heterocycles. The molecule has 0 saturated carbocycles. The van der Waals surface area contributed by atoms with Crippen LogP contribution in [-0.4, -0.2) is 62.3 Å². The molecule has 8 nitrogen and oxygen atoms in total. The van der Waals surface area contributed by atoms with Gasteiger partial charge in [0.25, 0.3) is 0 Å². The van der Waals surface area contributed by atoms with Crippen LogP contribution in [0.2, 0.25) is 0 Å². The number of esters is 1. The summed E-state index contributed by atoms with van der Waals surface area (Å²) in [6.07, 6.45) is 3.09. The van der Waals surface area contributed by atoms with Gasteiger partial charge in [0.15, 0.2) is 12.2 Å². The maximum absolute atomic E-state index is 12.1. The van der Waals surface area contributed by atoms with Gasteiger partial charge in [0.2, 0.25) is 0 Å². The van der Waals surface area contributed by atoms with E-state index in [2.05, 4.69) is 23.7 Å². The van der Waals surface area contributed by atoms with Crippen molar-refractivity contribution in [3.63, 3.8) is 0 Å². The number of benzene rings is 3. The molecular formula is C42H46O8. The van der Waals surface area contributed by atoms with Gasteiger partial charge in [0.1, 0.15) is 24.7 Å². The van der Waals surface area contributed by atoms with Crippen LogP contribution in [0.5, 0.6) is 11.5 Å². The first-order valence-electron chi connectivity index (χ1n) is 16.7. The lowest BCUT2D eigenvalue weighted by atomic mass is 10.1. The molecule has 2 atom stereocenters. The van der Waals surface area contributed by atoms with Crippen molar-refractivity contribution in [1.29, 1.82) is 0 Å². The molecule has 0 aliphatic heterocycles. The second kappa shape index (κ2) is 21.6. The van der Waals surface area contributed by atoms with Gasteiger partial charge in [-0.1, -0.05) is 54.0 Å². The Labute approximate surface area is 296 Å². The molecule has 8 heteroatoms. The van der Waals surface area contributed by atoms with Crippen LogP contribution in [0.4, 0.5) is 0 Å². The highest BCUT2D eigenvalue weighted by Crippen LogP contribution is 2.17. The Bertz CT molecular complexity index is 1710. The van der Waals surface area contributed by atoms with E-state index in [0.717, 1.165) is 39.1 Å². The molecule has 0 fully saturated rings. The number of carboxylic acids is 1. The lowest BCUT2D eigenvalue weighted by Crippen LogP contribution is -2.28. The van der Waals surface area contributed by atoms with E-state index < -0.39 is 18.2 Å². The summed E-state index contributed by atoms with van der Waals surface area (Å²) < 4.78 is 27.6. The first-order valence-corrected chi connectivity index (χ1v) is 16.7. The van der Waals surface area contributed by atoms with Gasteiger partial charge in [-0.25, -0.2) is 9.59 Å². The molecule has 0 aliphatic rings. The number of carbonyl (C=O) groups is 2. The van der Waals surface area contributed by atoms with Gasteiger partial charge in [0.05, 0.1) is 6.61 Å². The summed E-state index contributed by atoms with van der Waals surface area (Å²) in [5, 5.41) is 9.28. The van der Waals surface area contributed by atoms with Gasteiger partial charge in [-0.2, -0.15) is 0 Å². The quantitative estimate of drug-likeness (QED) is 0.121. The molecule has 0 unspecified atom stereocenters. The minimum Gasteiger partial charge on any atom is -0.490 e. The van der Waals surface area contributed by atoms with E-state index in [-0.39, 0.29) is 5.97 Å². The van der Waals surface area contributed by atoms with Crippen molar-refractivity contribution in [2.24, 2.45) is 0 Å². The van der Waals surface area contributed by atoms with Crippen molar-refractivity contribution in [2.75, 3.05) is 33.0 Å². The van der Waals surface area contributed by atoms with E-state index in [1.165, 1.54) is 0 Å². The predicted molar refractivity (Wildman–Crippen MR) is 194 cm³/mol. The van der Waals surface area contributed by atoms with Crippen molar-refractivity contribution in [2.45, 2.75) is 59.7 Å². The summed E-state index contributed by atoms with van der Waals surface area (Å²) in [7, 11) is 0. The monoisotopic (exact) mass is 678 g/mol. The highest BCUT2D eigenvalue weighted by Gasteiger charge is 2.20. The fourth-order valence-corrected chi connectivity index (χ4v) is 4.58. The van der Waals surface area contributed by atoms with Gasteiger partial charge in [-0.05, 0) is 112 Å². The summed E-state index contributed by atoms with van der Waals surface area (Å²) in [6, 6.07) is 22.7. The van der Waals surface area contributed by atoms with Crippen molar-refractivity contribution in [1.82, 2.24) is 0 Å². The lowest BCUT2D eigenvalue weighted by Gasteiger charge is -2.15. The number of carboxylic acid groups (broad SMARTS) is 1. The minimum atomic E-state index is -0.971. The Kier molecular flexibility index (Phi) is 16.9. The second-order valence-corrected chi connectivity index (χ2v) is 11.2. The Morgan fingerprint density at radius 2 is 1.14 bits per heavy atom. The van der Waals surface area contributed by atoms with Gasteiger partial charge in [-0.3, -0.25) is 0 Å². The molecule has 0 radical (unpaired) electrons. The highest BCUT2D eigenvalue weighted by atomic mass is 16.6. The fraction of sp³-hybridized carbons (Fsp3) is 0.333. The summed E-state index contributed by atoms with van der Waals surface area (Å²) in [4.78, 5) is 23.4. The van der Waals surface area contributed by atoms with Crippen LogP contribution in [-0.2, 0) is 36.6 Å². The van der Waals surface area contributed by atoms with E-state index in [0.29, 0.717) is 51.6 Å². The van der Waals surface area contributed by atoms with Crippen LogP contribution in [0.15, 0.2) is 96.1 Å². The highest BCUT2D eigenvalue weighted by molar-refractivity contribution is 5.75. The van der Waals surface area contributed by atoms with Crippen molar-refractivity contribution in [3.8, 4) is 35.2 Å². The number of hydrogen-bond acceptors (Lipinski definition) is 7. The zero-order valence-electron chi connectivity index (χ0n) is 29.5. The van der Waals surface area contributed by atoms with Crippen molar-refractivity contribution < 1.29 is 38.4 Å². The third-order valence-corrected chi connectivity index (χ3v) is 7.20. The Balaban J connectivity index is 1.47. The first kappa shape index (κ1) is 39.2. The lowest BCUT2D eigenvalue weighted by molar-refractivity contribution is -0.156. The SMILES string of the molecule is CCOC(=O)[C@H](Cc1ccc(OCC=C(C)C#Cc2cccc(C#CC(C)=CCOc3ccc(C[C@H](OCC)C(=O)O)cc3)c2)cc1)OCC. The third kappa shape index (κ3) is 14.5. The molecule has 1 N–H and O–H groups in total. The molecule has 262 valence electrons. The number of allylic oxidation sites excluding steroid dienone is 2. The zero-order valence-corrected chi connectivity index (χ0v) is 29.5. The molecule has 50 heavy (non-hydrogen) atoms.